The highest BCUT2D eigenvalue weighted by molar-refractivity contribution is 5.86. The van der Waals surface area contributed by atoms with Crippen molar-refractivity contribution < 1.29 is 4.79 Å². The molecule has 1 heterocycles. The van der Waals surface area contributed by atoms with E-state index in [1.54, 1.807) is 0 Å². The summed E-state index contributed by atoms with van der Waals surface area (Å²) in [4.78, 5) is 14.1. The van der Waals surface area contributed by atoms with E-state index in [9.17, 15) is 4.79 Å². The highest BCUT2D eigenvalue weighted by atomic mass is 16.1. The number of piperidine rings is 1. The van der Waals surface area contributed by atoms with Gasteiger partial charge in [0.15, 0.2) is 0 Å². The number of Topliss-reactive ketones (excluding diaryl/α,β-unsaturated/α-hetero) is 1. The monoisotopic (exact) mass is 165 g/mol. The summed E-state index contributed by atoms with van der Waals surface area (Å²) < 4.78 is 0. The molecule has 2 nitrogen and oxygen atoms in total. The summed E-state index contributed by atoms with van der Waals surface area (Å²) in [6, 6.07) is 0.862. The Morgan fingerprint density at radius 3 is 2.08 bits per heavy atom. The molecule has 0 spiro atoms. The number of rotatable bonds is 1. The summed E-state index contributed by atoms with van der Waals surface area (Å²) in [5, 5.41) is 0. The molecule has 1 aliphatic heterocycles. The molecular weight excluding hydrogens is 150 g/mol. The van der Waals surface area contributed by atoms with Crippen molar-refractivity contribution in [2.75, 3.05) is 13.1 Å². The zero-order chi connectivity index (χ0) is 8.13. The van der Waals surface area contributed by atoms with Gasteiger partial charge in [-0.3, -0.25) is 9.69 Å². The van der Waals surface area contributed by atoms with Crippen molar-refractivity contribution in [3.05, 3.63) is 0 Å². The lowest BCUT2D eigenvalue weighted by Gasteiger charge is -2.30. The highest BCUT2D eigenvalue weighted by Crippen LogP contribution is 2.38. The van der Waals surface area contributed by atoms with Gasteiger partial charge in [0.2, 0.25) is 0 Å². The molecule has 3 aliphatic rings. The zero-order valence-corrected chi connectivity index (χ0v) is 7.33. The van der Waals surface area contributed by atoms with E-state index in [4.69, 9.17) is 0 Å². The predicted octanol–water partition coefficient (Wildman–Crippen LogP) is 1.06. The van der Waals surface area contributed by atoms with E-state index in [1.165, 1.54) is 25.7 Å². The fourth-order valence-corrected chi connectivity index (χ4v) is 2.76. The second kappa shape index (κ2) is 2.32. The van der Waals surface area contributed by atoms with Gasteiger partial charge in [-0.2, -0.15) is 0 Å². The summed E-state index contributed by atoms with van der Waals surface area (Å²) >= 11 is 0. The zero-order valence-electron chi connectivity index (χ0n) is 7.33. The largest absolute Gasteiger partial charge is 0.299 e. The van der Waals surface area contributed by atoms with E-state index in [0.29, 0.717) is 17.6 Å². The lowest BCUT2D eigenvalue weighted by Crippen LogP contribution is -2.43. The molecule has 2 heteroatoms. The van der Waals surface area contributed by atoms with Crippen molar-refractivity contribution in [3.63, 3.8) is 0 Å². The van der Waals surface area contributed by atoms with Crippen molar-refractivity contribution in [3.8, 4) is 0 Å². The molecule has 2 saturated carbocycles. The smallest absolute Gasteiger partial charge is 0.141 e. The van der Waals surface area contributed by atoms with Crippen molar-refractivity contribution >= 4 is 5.78 Å². The van der Waals surface area contributed by atoms with Crippen LogP contribution >= 0.6 is 0 Å². The van der Waals surface area contributed by atoms with E-state index in [1.807, 2.05) is 0 Å². The maximum Gasteiger partial charge on any atom is 0.141 e. The summed E-state index contributed by atoms with van der Waals surface area (Å²) in [5.41, 5.74) is 0. The molecular formula is C10H15NO. The van der Waals surface area contributed by atoms with Gasteiger partial charge in [-0.25, -0.2) is 0 Å². The Bertz CT molecular complexity index is 206. The minimum absolute atomic E-state index is 0.421. The van der Waals surface area contributed by atoms with Crippen LogP contribution in [-0.2, 0) is 4.79 Å². The normalized spacial score (nSPS) is 42.2. The average molecular weight is 165 g/mol. The van der Waals surface area contributed by atoms with Crippen LogP contribution in [0.25, 0.3) is 0 Å². The standard InChI is InChI=1S/C10H15NO/c12-10-7-1-2-8(10)6-11(5-7)9-3-4-9/h7-9H,1-6H2/t7-,8-/m0/s1. The van der Waals surface area contributed by atoms with E-state index in [0.717, 1.165) is 19.1 Å². The van der Waals surface area contributed by atoms with Crippen LogP contribution in [0.1, 0.15) is 25.7 Å². The number of ketones is 1. The van der Waals surface area contributed by atoms with Crippen LogP contribution < -0.4 is 0 Å². The van der Waals surface area contributed by atoms with E-state index in [2.05, 4.69) is 4.90 Å². The van der Waals surface area contributed by atoms with Gasteiger partial charge in [-0.05, 0) is 25.7 Å². The van der Waals surface area contributed by atoms with Gasteiger partial charge in [-0.1, -0.05) is 0 Å². The molecule has 0 amide bonds. The second-order valence-electron chi connectivity index (χ2n) is 4.56. The first-order valence-corrected chi connectivity index (χ1v) is 5.12. The number of carbonyl (C=O) groups excluding carboxylic acids is 1. The van der Waals surface area contributed by atoms with Crippen LogP contribution in [0, 0.1) is 11.8 Å². The Hall–Kier alpha value is -0.370. The minimum Gasteiger partial charge on any atom is -0.299 e. The maximum absolute atomic E-state index is 11.5. The minimum atomic E-state index is 0.421. The molecule has 3 rings (SSSR count). The lowest BCUT2D eigenvalue weighted by atomic mass is 9.97. The number of fused-ring (bicyclic) bond motifs is 2. The van der Waals surface area contributed by atoms with Crippen LogP contribution in [0.4, 0.5) is 0 Å². The molecule has 0 aromatic rings. The number of nitrogens with zero attached hydrogens (tertiary/aromatic N) is 1. The summed E-state index contributed by atoms with van der Waals surface area (Å²) in [6.45, 7) is 2.17. The van der Waals surface area contributed by atoms with E-state index >= 15 is 0 Å². The van der Waals surface area contributed by atoms with Crippen LogP contribution in [0.2, 0.25) is 0 Å². The summed E-state index contributed by atoms with van der Waals surface area (Å²) in [6.07, 6.45) is 5.11. The second-order valence-corrected chi connectivity index (χ2v) is 4.56. The molecule has 0 unspecified atom stereocenters. The molecule has 0 aromatic heterocycles. The van der Waals surface area contributed by atoms with Gasteiger partial charge in [0.25, 0.3) is 0 Å². The van der Waals surface area contributed by atoms with Crippen molar-refractivity contribution in [1.82, 2.24) is 4.90 Å². The lowest BCUT2D eigenvalue weighted by molar-refractivity contribution is -0.127. The van der Waals surface area contributed by atoms with Gasteiger partial charge < -0.3 is 0 Å². The molecule has 66 valence electrons. The Labute approximate surface area is 72.9 Å². The van der Waals surface area contributed by atoms with Gasteiger partial charge in [-0.15, -0.1) is 0 Å². The van der Waals surface area contributed by atoms with E-state index < -0.39 is 0 Å². The Kier molecular flexibility index (Phi) is 1.37. The molecule has 2 bridgehead atoms. The maximum atomic E-state index is 11.5. The Morgan fingerprint density at radius 1 is 1.00 bits per heavy atom. The van der Waals surface area contributed by atoms with E-state index in [-0.39, 0.29) is 0 Å². The van der Waals surface area contributed by atoms with Crippen LogP contribution in [0.3, 0.4) is 0 Å². The van der Waals surface area contributed by atoms with Crippen LogP contribution in [0.15, 0.2) is 0 Å². The number of hydrogen-bond donors (Lipinski definition) is 0. The third-order valence-corrected chi connectivity index (χ3v) is 3.64. The SMILES string of the molecule is O=C1[C@H]2CC[C@H]1CN(C1CC1)C2. The predicted molar refractivity (Wildman–Crippen MR) is 45.8 cm³/mol. The van der Waals surface area contributed by atoms with Gasteiger partial charge in [0.1, 0.15) is 5.78 Å². The molecule has 3 fully saturated rings. The Morgan fingerprint density at radius 2 is 1.58 bits per heavy atom. The fourth-order valence-electron chi connectivity index (χ4n) is 2.76. The number of carbonyl (C=O) groups is 1. The third kappa shape index (κ3) is 0.939. The first-order valence-electron chi connectivity index (χ1n) is 5.12. The van der Waals surface area contributed by atoms with Gasteiger partial charge >= 0.3 is 0 Å². The Balaban J connectivity index is 1.77. The van der Waals surface area contributed by atoms with Crippen LogP contribution in [0.5, 0.6) is 0 Å². The molecule has 2 aliphatic carbocycles. The number of hydrogen-bond acceptors (Lipinski definition) is 2. The van der Waals surface area contributed by atoms with Gasteiger partial charge in [0, 0.05) is 31.0 Å². The topological polar surface area (TPSA) is 20.3 Å². The summed E-state index contributed by atoms with van der Waals surface area (Å²) in [7, 11) is 0. The third-order valence-electron chi connectivity index (χ3n) is 3.64. The number of likely N-dealkylation sites (tertiary alicyclic amines) is 1. The molecule has 0 N–H and O–H groups in total. The molecule has 0 aromatic carbocycles. The van der Waals surface area contributed by atoms with Crippen molar-refractivity contribution in [2.24, 2.45) is 11.8 Å². The first-order chi connectivity index (χ1) is 5.84. The summed E-state index contributed by atoms with van der Waals surface area (Å²) in [5.74, 6) is 1.42. The van der Waals surface area contributed by atoms with Gasteiger partial charge in [0.05, 0.1) is 0 Å². The fraction of sp³-hybridized carbons (Fsp3) is 0.900. The molecule has 1 saturated heterocycles. The molecule has 12 heavy (non-hydrogen) atoms. The average Bonchev–Trinajstić information content (AvgIpc) is 2.87. The first kappa shape index (κ1) is 7.07. The molecule has 0 radical (unpaired) electrons. The van der Waals surface area contributed by atoms with Crippen molar-refractivity contribution in [1.29, 1.82) is 0 Å². The van der Waals surface area contributed by atoms with Crippen LogP contribution in [-0.4, -0.2) is 29.8 Å². The highest BCUT2D eigenvalue weighted by Gasteiger charge is 2.44. The molecule has 2 atom stereocenters. The quantitative estimate of drug-likeness (QED) is 0.579. The van der Waals surface area contributed by atoms with Crippen molar-refractivity contribution in [2.45, 2.75) is 31.7 Å².